The van der Waals surface area contributed by atoms with Crippen molar-refractivity contribution < 1.29 is 50.4 Å². The number of rotatable bonds is 6. The average molecular weight is 405 g/mol. The van der Waals surface area contributed by atoms with Crippen LogP contribution >= 0.6 is 0 Å². The molecule has 1 amide bonds. The molecular weight excluding hydrogens is 387 g/mol. The van der Waals surface area contributed by atoms with E-state index < -0.39 is 62.9 Å². The largest absolute Gasteiger partial charge is 0.523 e. The molecule has 1 fully saturated rings. The number of hydrogen-bond acceptors (Lipinski definition) is 6. The Hall–Kier alpha value is -1.89. The normalized spacial score (nSPS) is 29.0. The third kappa shape index (κ3) is 2.32. The van der Waals surface area contributed by atoms with E-state index in [9.17, 15) is 46.2 Å². The molecule has 1 aliphatic rings. The van der Waals surface area contributed by atoms with Gasteiger partial charge in [0.25, 0.3) is 5.91 Å². The van der Waals surface area contributed by atoms with Crippen LogP contribution in [-0.2, 0) is 28.7 Å². The van der Waals surface area contributed by atoms with Gasteiger partial charge in [-0.15, -0.1) is 0 Å². The Labute approximate surface area is 146 Å². The van der Waals surface area contributed by atoms with Crippen LogP contribution in [0.15, 0.2) is 0 Å². The molecule has 9 nitrogen and oxygen atoms in total. The molecule has 1 rings (SSSR count). The van der Waals surface area contributed by atoms with Crippen LogP contribution < -0.4 is 0 Å². The van der Waals surface area contributed by atoms with Gasteiger partial charge in [-0.3, -0.25) is 4.79 Å². The molecule has 1 aliphatic heterocycles. The van der Waals surface area contributed by atoms with Gasteiger partial charge in [0.1, 0.15) is 0 Å². The van der Waals surface area contributed by atoms with Gasteiger partial charge in [0.05, 0.1) is 5.41 Å². The number of carboxylic acids is 2. The van der Waals surface area contributed by atoms with Gasteiger partial charge >= 0.3 is 27.6 Å². The second-order valence-corrected chi connectivity index (χ2v) is 7.57. The van der Waals surface area contributed by atoms with Gasteiger partial charge in [-0.1, -0.05) is 20.8 Å². The number of carbonyl (C=O) groups excluding carboxylic acids is 1. The molecule has 0 aromatic rings. The second kappa shape index (κ2) is 6.08. The predicted octanol–water partition coefficient (Wildman–Crippen LogP) is 0.798. The fourth-order valence-corrected chi connectivity index (χ4v) is 4.52. The van der Waals surface area contributed by atoms with Gasteiger partial charge in [-0.2, -0.15) is 21.6 Å². The van der Waals surface area contributed by atoms with Crippen molar-refractivity contribution >= 4 is 28.0 Å². The van der Waals surface area contributed by atoms with Crippen molar-refractivity contribution in [2.45, 2.75) is 50.3 Å². The van der Waals surface area contributed by atoms with Crippen LogP contribution in [0.4, 0.5) is 13.2 Å². The minimum absolute atomic E-state index is 0.219. The first-order valence-electron chi connectivity index (χ1n) is 7.30. The highest BCUT2D eigenvalue weighted by atomic mass is 32.2. The zero-order chi connectivity index (χ0) is 20.9. The zero-order valence-electron chi connectivity index (χ0n) is 14.2. The Bertz CT molecular complexity index is 735. The van der Waals surface area contributed by atoms with E-state index >= 15 is 0 Å². The van der Waals surface area contributed by atoms with E-state index in [4.69, 9.17) is 0 Å². The van der Waals surface area contributed by atoms with E-state index in [2.05, 4.69) is 4.18 Å². The summed E-state index contributed by atoms with van der Waals surface area (Å²) in [6.45, 7) is 3.23. The molecule has 2 atom stereocenters. The highest BCUT2D eigenvalue weighted by Gasteiger charge is 2.81. The molecule has 0 aromatic heterocycles. The Morgan fingerprint density at radius 2 is 1.58 bits per heavy atom. The van der Waals surface area contributed by atoms with Crippen LogP contribution in [0.1, 0.15) is 33.6 Å². The number of hydrogen-bond donors (Lipinski definition) is 2. The van der Waals surface area contributed by atoms with Crippen molar-refractivity contribution in [3.8, 4) is 0 Å². The van der Waals surface area contributed by atoms with Crippen LogP contribution in [0, 0.1) is 5.41 Å². The molecule has 0 bridgehead atoms. The van der Waals surface area contributed by atoms with Crippen LogP contribution in [0.2, 0.25) is 0 Å². The number of likely N-dealkylation sites (tertiary alicyclic amines) is 1. The quantitative estimate of drug-likeness (QED) is 0.376. The summed E-state index contributed by atoms with van der Waals surface area (Å²) in [4.78, 5) is 36.6. The Balaban J connectivity index is 3.93. The van der Waals surface area contributed by atoms with E-state index in [-0.39, 0.29) is 4.90 Å². The van der Waals surface area contributed by atoms with E-state index in [1.54, 1.807) is 0 Å². The maximum Gasteiger partial charge on any atom is 0.523 e. The molecule has 150 valence electrons. The number of carboxylic acid groups (broad SMARTS) is 2. The first kappa shape index (κ1) is 22.2. The van der Waals surface area contributed by atoms with Crippen LogP contribution in [0.5, 0.6) is 0 Å². The fraction of sp³-hybridized carbons (Fsp3) is 0.769. The standard InChI is InChI=1S/C13H18F3NO8S/c1-5-10(3)11(6-2,25-26(23,24)13(14,15)16)7(18)17(4)12(10,8(19)20)9(21)22/h5-6H2,1-4H3,(H,19,20)(H,21,22). The lowest BCUT2D eigenvalue weighted by molar-refractivity contribution is -0.177. The zero-order valence-corrected chi connectivity index (χ0v) is 15.1. The maximum atomic E-state index is 12.8. The molecule has 0 saturated carbocycles. The summed E-state index contributed by atoms with van der Waals surface area (Å²) in [6, 6.07) is 0. The average Bonchev–Trinajstić information content (AvgIpc) is 2.63. The van der Waals surface area contributed by atoms with Crippen molar-refractivity contribution in [2.24, 2.45) is 5.41 Å². The van der Waals surface area contributed by atoms with E-state index in [0.717, 1.165) is 20.9 Å². The SMILES string of the molecule is CCC1(OS(=O)(=O)C(F)(F)F)C(=O)N(C)C(C(=O)O)(C(=O)O)C1(C)CC. The molecule has 2 N–H and O–H groups in total. The van der Waals surface area contributed by atoms with Crippen molar-refractivity contribution in [3.63, 3.8) is 0 Å². The van der Waals surface area contributed by atoms with Gasteiger partial charge in [-0.25, -0.2) is 13.8 Å². The monoisotopic (exact) mass is 405 g/mol. The van der Waals surface area contributed by atoms with E-state index in [1.807, 2.05) is 0 Å². The molecular formula is C13H18F3NO8S. The second-order valence-electron chi connectivity index (χ2n) is 6.03. The number of carbonyl (C=O) groups is 3. The van der Waals surface area contributed by atoms with E-state index in [0.29, 0.717) is 0 Å². The maximum absolute atomic E-state index is 12.8. The molecule has 1 heterocycles. The molecule has 26 heavy (non-hydrogen) atoms. The molecule has 0 radical (unpaired) electrons. The van der Waals surface area contributed by atoms with E-state index in [1.165, 1.54) is 6.92 Å². The highest BCUT2D eigenvalue weighted by Crippen LogP contribution is 2.58. The third-order valence-electron chi connectivity index (χ3n) is 5.20. The molecule has 13 heteroatoms. The number of halogens is 3. The summed E-state index contributed by atoms with van der Waals surface area (Å²) in [6.07, 6.45) is -1.19. The van der Waals surface area contributed by atoms with Crippen molar-refractivity contribution in [2.75, 3.05) is 7.05 Å². The summed E-state index contributed by atoms with van der Waals surface area (Å²) in [5.41, 5.74) is -14.1. The number of likely N-dealkylation sites (N-methyl/N-ethyl adjacent to an activating group) is 1. The molecule has 0 aromatic carbocycles. The number of amides is 1. The highest BCUT2D eigenvalue weighted by molar-refractivity contribution is 7.87. The topological polar surface area (TPSA) is 138 Å². The lowest BCUT2D eigenvalue weighted by Crippen LogP contribution is -2.66. The Morgan fingerprint density at radius 3 is 1.85 bits per heavy atom. The van der Waals surface area contributed by atoms with Crippen molar-refractivity contribution in [3.05, 3.63) is 0 Å². The van der Waals surface area contributed by atoms with Gasteiger partial charge < -0.3 is 15.1 Å². The smallest absolute Gasteiger partial charge is 0.479 e. The molecule has 1 saturated heterocycles. The van der Waals surface area contributed by atoms with Crippen LogP contribution in [-0.4, -0.2) is 65.1 Å². The molecule has 0 aliphatic carbocycles. The lowest BCUT2D eigenvalue weighted by atomic mass is 9.61. The van der Waals surface area contributed by atoms with Crippen LogP contribution in [0.3, 0.4) is 0 Å². The Kier molecular flexibility index (Phi) is 5.18. The summed E-state index contributed by atoms with van der Waals surface area (Å²) in [5.74, 6) is -5.55. The fourth-order valence-electron chi connectivity index (χ4n) is 3.68. The number of alkyl halides is 3. The van der Waals surface area contributed by atoms with Crippen LogP contribution in [0.25, 0.3) is 0 Å². The first-order valence-corrected chi connectivity index (χ1v) is 8.71. The van der Waals surface area contributed by atoms with Gasteiger partial charge in [0, 0.05) is 7.05 Å². The van der Waals surface area contributed by atoms with Gasteiger partial charge in [0.2, 0.25) is 5.54 Å². The van der Waals surface area contributed by atoms with Crippen molar-refractivity contribution in [1.82, 2.24) is 4.90 Å². The van der Waals surface area contributed by atoms with Gasteiger partial charge in [-0.05, 0) is 12.8 Å². The summed E-state index contributed by atoms with van der Waals surface area (Å²) < 4.78 is 65.8. The number of nitrogens with zero attached hydrogens (tertiary/aromatic N) is 1. The number of aliphatic carboxylic acids is 2. The predicted molar refractivity (Wildman–Crippen MR) is 78.3 cm³/mol. The Morgan fingerprint density at radius 1 is 1.15 bits per heavy atom. The lowest BCUT2D eigenvalue weighted by Gasteiger charge is -2.44. The minimum atomic E-state index is -6.32. The minimum Gasteiger partial charge on any atom is -0.479 e. The van der Waals surface area contributed by atoms with Crippen molar-refractivity contribution in [1.29, 1.82) is 0 Å². The third-order valence-corrected chi connectivity index (χ3v) is 6.27. The summed E-state index contributed by atoms with van der Waals surface area (Å²) in [7, 11) is -5.56. The summed E-state index contributed by atoms with van der Waals surface area (Å²) >= 11 is 0. The van der Waals surface area contributed by atoms with Gasteiger partial charge in [0.15, 0.2) is 5.60 Å². The molecule has 0 spiro atoms. The molecule has 2 unspecified atom stereocenters. The summed E-state index contributed by atoms with van der Waals surface area (Å²) in [5, 5.41) is 19.1. The first-order chi connectivity index (χ1) is 11.5.